The summed E-state index contributed by atoms with van der Waals surface area (Å²) in [5.74, 6) is 0.752. The van der Waals surface area contributed by atoms with Crippen molar-refractivity contribution in [3.05, 3.63) is 35.4 Å². The predicted octanol–water partition coefficient (Wildman–Crippen LogP) is 3.15. The number of carbonyl (C=O) groups is 1. The molecule has 4 nitrogen and oxygen atoms in total. The second kappa shape index (κ2) is 9.56. The molecule has 2 unspecified atom stereocenters. The van der Waals surface area contributed by atoms with Gasteiger partial charge in [0.2, 0.25) is 5.91 Å². The van der Waals surface area contributed by atoms with Gasteiger partial charge in [-0.25, -0.2) is 0 Å². The Morgan fingerprint density at radius 1 is 1.28 bits per heavy atom. The minimum absolute atomic E-state index is 0. The highest BCUT2D eigenvalue weighted by atomic mass is 35.5. The molecule has 142 valence electrons. The largest absolute Gasteiger partial charge is 0.348 e. The molecule has 0 radical (unpaired) electrons. The van der Waals surface area contributed by atoms with Gasteiger partial charge in [0.15, 0.2) is 0 Å². The maximum Gasteiger partial charge on any atom is 0.234 e. The second-order valence-corrected chi connectivity index (χ2v) is 8.10. The number of carbonyl (C=O) groups excluding carboxylic acids is 1. The number of nitrogens with one attached hydrogen (secondary N) is 1. The summed E-state index contributed by atoms with van der Waals surface area (Å²) in [6, 6.07) is 8.64. The molecule has 1 heterocycles. The van der Waals surface area contributed by atoms with Crippen LogP contribution in [0.25, 0.3) is 0 Å². The van der Waals surface area contributed by atoms with Crippen molar-refractivity contribution in [3.8, 4) is 0 Å². The number of rotatable bonds is 7. The van der Waals surface area contributed by atoms with Crippen LogP contribution in [0, 0.1) is 11.3 Å². The molecule has 1 aliphatic rings. The normalized spacial score (nSPS) is 21.8. The molecular formula is C20H34ClN3O. The van der Waals surface area contributed by atoms with Crippen molar-refractivity contribution in [2.45, 2.75) is 46.6 Å². The van der Waals surface area contributed by atoms with Crippen molar-refractivity contribution < 1.29 is 4.79 Å². The number of hydrogen-bond acceptors (Lipinski definition) is 3. The van der Waals surface area contributed by atoms with Gasteiger partial charge in [-0.05, 0) is 55.3 Å². The number of halogens is 1. The standard InChI is InChI=1S/C20H33N3O.ClH/c1-15(2)11-17-5-7-18(8-6-17)16(3)22-19(24)12-23-10-9-20(4,13-21)14-23;/h5-8,15-16H,9-14,21H2,1-4H3,(H,22,24);1H. The van der Waals surface area contributed by atoms with Gasteiger partial charge in [0.1, 0.15) is 0 Å². The van der Waals surface area contributed by atoms with Crippen molar-refractivity contribution in [2.75, 3.05) is 26.2 Å². The molecule has 1 amide bonds. The molecular weight excluding hydrogens is 334 g/mol. The van der Waals surface area contributed by atoms with Crippen LogP contribution in [0.4, 0.5) is 0 Å². The van der Waals surface area contributed by atoms with Crippen LogP contribution < -0.4 is 11.1 Å². The van der Waals surface area contributed by atoms with Gasteiger partial charge < -0.3 is 11.1 Å². The number of nitrogens with two attached hydrogens (primary N) is 1. The summed E-state index contributed by atoms with van der Waals surface area (Å²) < 4.78 is 0. The van der Waals surface area contributed by atoms with Gasteiger partial charge in [-0.1, -0.05) is 45.0 Å². The van der Waals surface area contributed by atoms with Gasteiger partial charge in [0, 0.05) is 6.54 Å². The molecule has 1 aromatic rings. The fraction of sp³-hybridized carbons (Fsp3) is 0.650. The van der Waals surface area contributed by atoms with Crippen molar-refractivity contribution in [2.24, 2.45) is 17.1 Å². The molecule has 25 heavy (non-hydrogen) atoms. The lowest BCUT2D eigenvalue weighted by Crippen LogP contribution is -2.39. The molecule has 0 aromatic heterocycles. The summed E-state index contributed by atoms with van der Waals surface area (Å²) >= 11 is 0. The van der Waals surface area contributed by atoms with E-state index in [9.17, 15) is 4.79 Å². The molecule has 1 aromatic carbocycles. The van der Waals surface area contributed by atoms with Crippen molar-refractivity contribution in [1.29, 1.82) is 0 Å². The van der Waals surface area contributed by atoms with Crippen LogP contribution in [0.15, 0.2) is 24.3 Å². The first-order valence-electron chi connectivity index (χ1n) is 9.12. The van der Waals surface area contributed by atoms with Crippen molar-refractivity contribution >= 4 is 18.3 Å². The zero-order valence-corrected chi connectivity index (χ0v) is 16.9. The third-order valence-corrected chi connectivity index (χ3v) is 5.00. The highest BCUT2D eigenvalue weighted by molar-refractivity contribution is 5.85. The van der Waals surface area contributed by atoms with Gasteiger partial charge in [0.05, 0.1) is 12.6 Å². The number of amides is 1. The van der Waals surface area contributed by atoms with E-state index >= 15 is 0 Å². The minimum Gasteiger partial charge on any atom is -0.348 e. The zero-order valence-electron chi connectivity index (χ0n) is 16.0. The number of nitrogens with zero attached hydrogens (tertiary/aromatic N) is 1. The van der Waals surface area contributed by atoms with Crippen LogP contribution >= 0.6 is 12.4 Å². The Morgan fingerprint density at radius 3 is 2.44 bits per heavy atom. The molecule has 1 fully saturated rings. The molecule has 5 heteroatoms. The first-order chi connectivity index (χ1) is 11.3. The fourth-order valence-electron chi connectivity index (χ4n) is 3.41. The Kier molecular flexibility index (Phi) is 8.39. The summed E-state index contributed by atoms with van der Waals surface area (Å²) in [6.07, 6.45) is 2.17. The Bertz CT molecular complexity index is 546. The van der Waals surface area contributed by atoms with E-state index < -0.39 is 0 Å². The van der Waals surface area contributed by atoms with Crippen LogP contribution in [0.3, 0.4) is 0 Å². The summed E-state index contributed by atoms with van der Waals surface area (Å²) in [6.45, 7) is 11.7. The van der Waals surface area contributed by atoms with Gasteiger partial charge in [-0.2, -0.15) is 0 Å². The van der Waals surface area contributed by atoms with E-state index in [0.29, 0.717) is 19.0 Å². The Hall–Kier alpha value is -1.10. The molecule has 1 saturated heterocycles. The zero-order chi connectivity index (χ0) is 17.7. The highest BCUT2D eigenvalue weighted by Gasteiger charge is 2.33. The Labute approximate surface area is 158 Å². The first kappa shape index (κ1) is 21.9. The number of benzene rings is 1. The van der Waals surface area contributed by atoms with Crippen LogP contribution in [0.1, 0.15) is 51.3 Å². The first-order valence-corrected chi connectivity index (χ1v) is 9.12. The third-order valence-electron chi connectivity index (χ3n) is 5.00. The summed E-state index contributed by atoms with van der Waals surface area (Å²) in [7, 11) is 0. The minimum atomic E-state index is 0. The van der Waals surface area contributed by atoms with E-state index in [0.717, 1.165) is 31.5 Å². The summed E-state index contributed by atoms with van der Waals surface area (Å²) in [4.78, 5) is 14.5. The van der Waals surface area contributed by atoms with E-state index in [1.807, 2.05) is 6.92 Å². The lowest BCUT2D eigenvalue weighted by Gasteiger charge is -2.23. The molecule has 1 aliphatic heterocycles. The van der Waals surface area contributed by atoms with Crippen molar-refractivity contribution in [3.63, 3.8) is 0 Å². The number of hydrogen-bond donors (Lipinski definition) is 2. The van der Waals surface area contributed by atoms with Crippen LogP contribution in [-0.2, 0) is 11.2 Å². The van der Waals surface area contributed by atoms with E-state index in [1.165, 1.54) is 5.56 Å². The summed E-state index contributed by atoms with van der Waals surface area (Å²) in [5, 5.41) is 3.12. The van der Waals surface area contributed by atoms with E-state index in [4.69, 9.17) is 5.73 Å². The van der Waals surface area contributed by atoms with E-state index in [-0.39, 0.29) is 29.8 Å². The summed E-state index contributed by atoms with van der Waals surface area (Å²) in [5.41, 5.74) is 8.51. The Balaban J connectivity index is 0.00000312. The maximum atomic E-state index is 12.3. The molecule has 0 spiro atoms. The van der Waals surface area contributed by atoms with Crippen LogP contribution in [-0.4, -0.2) is 37.0 Å². The topological polar surface area (TPSA) is 58.4 Å². The average molecular weight is 368 g/mol. The maximum absolute atomic E-state index is 12.3. The van der Waals surface area contributed by atoms with E-state index in [1.54, 1.807) is 0 Å². The quantitative estimate of drug-likeness (QED) is 0.778. The number of likely N-dealkylation sites (tertiary alicyclic amines) is 1. The third kappa shape index (κ3) is 6.61. The molecule has 0 saturated carbocycles. The molecule has 2 atom stereocenters. The fourth-order valence-corrected chi connectivity index (χ4v) is 3.41. The van der Waals surface area contributed by atoms with Crippen molar-refractivity contribution in [1.82, 2.24) is 10.2 Å². The Morgan fingerprint density at radius 2 is 1.92 bits per heavy atom. The van der Waals surface area contributed by atoms with Gasteiger partial charge in [0.25, 0.3) is 0 Å². The van der Waals surface area contributed by atoms with Gasteiger partial charge in [-0.3, -0.25) is 9.69 Å². The van der Waals surface area contributed by atoms with Crippen LogP contribution in [0.2, 0.25) is 0 Å². The lowest BCUT2D eigenvalue weighted by atomic mass is 9.90. The van der Waals surface area contributed by atoms with Gasteiger partial charge >= 0.3 is 0 Å². The highest BCUT2D eigenvalue weighted by Crippen LogP contribution is 2.28. The van der Waals surface area contributed by atoms with E-state index in [2.05, 4.69) is 55.3 Å². The predicted molar refractivity (Wildman–Crippen MR) is 107 cm³/mol. The van der Waals surface area contributed by atoms with Gasteiger partial charge in [-0.15, -0.1) is 12.4 Å². The lowest BCUT2D eigenvalue weighted by molar-refractivity contribution is -0.122. The smallest absolute Gasteiger partial charge is 0.234 e. The second-order valence-electron chi connectivity index (χ2n) is 8.10. The molecule has 0 aliphatic carbocycles. The monoisotopic (exact) mass is 367 g/mol. The molecule has 3 N–H and O–H groups in total. The SMILES string of the molecule is CC(C)Cc1ccc(C(C)NC(=O)CN2CCC(C)(CN)C2)cc1.Cl. The average Bonchev–Trinajstić information content (AvgIpc) is 2.89. The molecule has 2 rings (SSSR count). The van der Waals surface area contributed by atoms with Crippen LogP contribution in [0.5, 0.6) is 0 Å². The molecule has 0 bridgehead atoms.